The maximum atomic E-state index is 11.8. The van der Waals surface area contributed by atoms with Crippen molar-refractivity contribution in [2.24, 2.45) is 0 Å². The molecule has 2 rings (SSSR count). The lowest BCUT2D eigenvalue weighted by atomic mass is 10.1. The number of imide groups is 1. The highest BCUT2D eigenvalue weighted by molar-refractivity contribution is 8.16. The van der Waals surface area contributed by atoms with Gasteiger partial charge in [0, 0.05) is 22.7 Å². The van der Waals surface area contributed by atoms with Crippen molar-refractivity contribution in [1.82, 2.24) is 0 Å². The predicted octanol–water partition coefficient (Wildman–Crippen LogP) is 2.84. The van der Waals surface area contributed by atoms with Crippen molar-refractivity contribution in [1.29, 1.82) is 0 Å². The van der Waals surface area contributed by atoms with E-state index < -0.39 is 0 Å². The number of hydrogen-bond acceptors (Lipinski definition) is 3. The van der Waals surface area contributed by atoms with Gasteiger partial charge >= 0.3 is 11.1 Å². The summed E-state index contributed by atoms with van der Waals surface area (Å²) in [5.41, 5.74) is 1.67. The Kier molecular flexibility index (Phi) is 2.69. The van der Waals surface area contributed by atoms with Gasteiger partial charge in [-0.15, -0.1) is 0 Å². The molecule has 1 aliphatic rings. The molecule has 3 nitrogen and oxygen atoms in total. The van der Waals surface area contributed by atoms with Crippen molar-refractivity contribution in [2.45, 2.75) is 6.92 Å². The molecular formula is C12H12NO2S+. The van der Waals surface area contributed by atoms with Gasteiger partial charge in [-0.05, 0) is 12.1 Å². The summed E-state index contributed by atoms with van der Waals surface area (Å²) in [6, 6.07) is 9.52. The molecule has 0 bridgehead atoms. The number of hydrogen-bond donors (Lipinski definition) is 0. The van der Waals surface area contributed by atoms with E-state index in [9.17, 15) is 9.59 Å². The van der Waals surface area contributed by atoms with Crippen LogP contribution in [0.5, 0.6) is 0 Å². The molecule has 1 heterocycles. The Hall–Kier alpha value is -1.39. The van der Waals surface area contributed by atoms with Gasteiger partial charge in [0.2, 0.25) is 0 Å². The molecule has 0 saturated carbocycles. The van der Waals surface area contributed by atoms with Gasteiger partial charge in [-0.3, -0.25) is 0 Å². The fourth-order valence-corrected chi connectivity index (χ4v) is 2.65. The average Bonchev–Trinajstić information content (AvgIpc) is 2.58. The normalized spacial score (nSPS) is 24.4. The van der Waals surface area contributed by atoms with E-state index in [-0.39, 0.29) is 15.6 Å². The lowest BCUT2D eigenvalue weighted by Crippen LogP contribution is -2.46. The Morgan fingerprint density at radius 3 is 2.44 bits per heavy atom. The van der Waals surface area contributed by atoms with E-state index in [1.54, 1.807) is 12.5 Å². The lowest BCUT2D eigenvalue weighted by molar-refractivity contribution is -0.662. The summed E-state index contributed by atoms with van der Waals surface area (Å²) in [6.45, 7) is 1.44. The van der Waals surface area contributed by atoms with Gasteiger partial charge in [0.05, 0.1) is 14.0 Å². The minimum atomic E-state index is -0.255. The molecular weight excluding hydrogens is 222 g/mol. The number of nitrogens with zero attached hydrogens (tertiary/aromatic N) is 1. The zero-order valence-electron chi connectivity index (χ0n) is 9.14. The number of benzene rings is 1. The predicted molar refractivity (Wildman–Crippen MR) is 64.3 cm³/mol. The smallest absolute Gasteiger partial charge is 0.230 e. The first kappa shape index (κ1) is 11.1. The van der Waals surface area contributed by atoms with Crippen LogP contribution in [-0.2, 0) is 4.79 Å². The van der Waals surface area contributed by atoms with Crippen LogP contribution in [0.2, 0.25) is 0 Å². The monoisotopic (exact) mass is 234 g/mol. The highest BCUT2D eigenvalue weighted by atomic mass is 32.2. The highest BCUT2D eigenvalue weighted by Gasteiger charge is 2.47. The number of quaternary nitrogens is 1. The van der Waals surface area contributed by atoms with Gasteiger partial charge in [0.1, 0.15) is 0 Å². The molecule has 0 radical (unpaired) electrons. The van der Waals surface area contributed by atoms with Crippen LogP contribution in [0.25, 0.3) is 5.70 Å². The van der Waals surface area contributed by atoms with E-state index in [0.717, 1.165) is 23.0 Å². The molecule has 0 fully saturated rings. The first-order chi connectivity index (χ1) is 7.56. The molecule has 16 heavy (non-hydrogen) atoms. The third-order valence-corrected chi connectivity index (χ3v) is 3.73. The van der Waals surface area contributed by atoms with Gasteiger partial charge < -0.3 is 0 Å². The minimum Gasteiger partial charge on any atom is -0.230 e. The summed E-state index contributed by atoms with van der Waals surface area (Å²) >= 11 is 1.09. The van der Waals surface area contributed by atoms with Crippen LogP contribution < -0.4 is 0 Å². The van der Waals surface area contributed by atoms with Crippen LogP contribution in [0.1, 0.15) is 12.5 Å². The van der Waals surface area contributed by atoms with Gasteiger partial charge in [-0.1, -0.05) is 18.2 Å². The molecule has 4 heteroatoms. The van der Waals surface area contributed by atoms with Gasteiger partial charge in [-0.2, -0.15) is 4.48 Å². The van der Waals surface area contributed by atoms with E-state index in [4.69, 9.17) is 0 Å². The van der Waals surface area contributed by atoms with E-state index in [2.05, 4.69) is 0 Å². The number of amides is 2. The van der Waals surface area contributed by atoms with Crippen LogP contribution in [0.4, 0.5) is 4.79 Å². The Balaban J connectivity index is 2.51. The number of carbonyl (C=O) groups excluding carboxylic acids is 2. The second-order valence-electron chi connectivity index (χ2n) is 3.78. The third kappa shape index (κ3) is 1.50. The van der Waals surface area contributed by atoms with Gasteiger partial charge in [0.25, 0.3) is 0 Å². The second-order valence-corrected chi connectivity index (χ2v) is 4.60. The molecule has 1 aromatic rings. The molecule has 1 aliphatic heterocycles. The third-order valence-electron chi connectivity index (χ3n) is 2.82. The molecule has 1 unspecified atom stereocenters. The highest BCUT2D eigenvalue weighted by Crippen LogP contribution is 2.38. The van der Waals surface area contributed by atoms with Crippen molar-refractivity contribution in [3.63, 3.8) is 0 Å². The van der Waals surface area contributed by atoms with Crippen LogP contribution >= 0.6 is 11.8 Å². The standard InChI is InChI=1S/C12H12NO2S/c1-9(14)13(2)11(8-16-12(13)15)10-6-4-3-5-7-10/h3-8H,1-2H3/q+1. The molecule has 1 atom stereocenters. The summed E-state index contributed by atoms with van der Waals surface area (Å²) in [4.78, 5) is 23.4. The maximum Gasteiger partial charge on any atom is 0.391 e. The van der Waals surface area contributed by atoms with E-state index in [0.29, 0.717) is 0 Å². The van der Waals surface area contributed by atoms with Crippen molar-refractivity contribution < 1.29 is 14.1 Å². The summed E-state index contributed by atoms with van der Waals surface area (Å²) in [7, 11) is 1.64. The number of carbonyl (C=O) groups is 2. The Morgan fingerprint density at radius 2 is 1.88 bits per heavy atom. The van der Waals surface area contributed by atoms with Crippen LogP contribution in [0.15, 0.2) is 35.7 Å². The fourth-order valence-electron chi connectivity index (χ4n) is 1.65. The molecule has 0 aliphatic carbocycles. The van der Waals surface area contributed by atoms with E-state index >= 15 is 0 Å². The van der Waals surface area contributed by atoms with Crippen LogP contribution in [-0.4, -0.2) is 22.7 Å². The SMILES string of the molecule is CC(=O)[N+]1(C)C(=O)SC=C1c1ccccc1. The largest absolute Gasteiger partial charge is 0.391 e. The quantitative estimate of drug-likeness (QED) is 0.701. The molecule has 0 aromatic heterocycles. The Bertz CT molecular complexity index is 481. The van der Waals surface area contributed by atoms with Crippen molar-refractivity contribution in [2.75, 3.05) is 7.05 Å². The molecule has 0 saturated heterocycles. The zero-order chi connectivity index (χ0) is 11.8. The molecule has 0 spiro atoms. The van der Waals surface area contributed by atoms with Crippen molar-refractivity contribution in [3.05, 3.63) is 41.3 Å². The molecule has 0 N–H and O–H groups in total. The Morgan fingerprint density at radius 1 is 1.25 bits per heavy atom. The summed E-state index contributed by atoms with van der Waals surface area (Å²) in [6.07, 6.45) is 0. The van der Waals surface area contributed by atoms with E-state index in [1.165, 1.54) is 6.92 Å². The first-order valence-electron chi connectivity index (χ1n) is 4.92. The van der Waals surface area contributed by atoms with Gasteiger partial charge in [0.15, 0.2) is 5.70 Å². The van der Waals surface area contributed by atoms with Crippen LogP contribution in [0.3, 0.4) is 0 Å². The fraction of sp³-hybridized carbons (Fsp3) is 0.167. The number of rotatable bonds is 1. The summed E-state index contributed by atoms with van der Waals surface area (Å²) in [5, 5.41) is 1.62. The van der Waals surface area contributed by atoms with Gasteiger partial charge in [-0.25, -0.2) is 9.59 Å². The lowest BCUT2D eigenvalue weighted by Gasteiger charge is -2.23. The average molecular weight is 234 g/mol. The van der Waals surface area contributed by atoms with Crippen LogP contribution in [0, 0.1) is 0 Å². The van der Waals surface area contributed by atoms with E-state index in [1.807, 2.05) is 30.3 Å². The molecule has 2 amide bonds. The summed E-state index contributed by atoms with van der Waals surface area (Å²) < 4.78 is -0.255. The van der Waals surface area contributed by atoms with Crippen molar-refractivity contribution in [3.8, 4) is 0 Å². The summed E-state index contributed by atoms with van der Waals surface area (Å²) in [5.74, 6) is -0.162. The topological polar surface area (TPSA) is 34.1 Å². The minimum absolute atomic E-state index is 0.147. The first-order valence-corrected chi connectivity index (χ1v) is 5.80. The van der Waals surface area contributed by atoms with Crippen molar-refractivity contribution >= 4 is 28.6 Å². The Labute approximate surface area is 98.3 Å². The maximum absolute atomic E-state index is 11.8. The molecule has 1 aromatic carbocycles. The second kappa shape index (κ2) is 3.88. The zero-order valence-corrected chi connectivity index (χ0v) is 9.95. The molecule has 82 valence electrons. The number of thioether (sulfide) groups is 1.